The molecule has 0 unspecified atom stereocenters. The molecule has 0 spiro atoms. The molecule has 0 atom stereocenters. The van der Waals surface area contributed by atoms with E-state index in [1.54, 1.807) is 0 Å². The van der Waals surface area contributed by atoms with Gasteiger partial charge in [-0.05, 0) is 19.3 Å². The number of rotatable bonds is 19. The van der Waals surface area contributed by atoms with E-state index in [4.69, 9.17) is 0 Å². The Hall–Kier alpha value is 0.540. The Kier molecular flexibility index (Phi) is 22.4. The van der Waals surface area contributed by atoms with Crippen LogP contribution in [-0.2, 0) is 19.4 Å². The smallest absolute Gasteiger partial charge is 0.726 e. The van der Waals surface area contributed by atoms with Gasteiger partial charge in [0.05, 0.1) is 6.61 Å². The standard InChI is InChI=1S/C19H38O5S.Na/c1-2-3-4-5-6-7-8-10-13-16-19(20)17-14-11-9-12-15-18-24-25(21,22)23;/h2-18H2,1H3,(H,21,22,23);/q;+1/p-1. The van der Waals surface area contributed by atoms with Crippen LogP contribution in [0.5, 0.6) is 0 Å². The molecule has 0 heterocycles. The second-order valence-electron chi connectivity index (χ2n) is 6.87. The van der Waals surface area contributed by atoms with Gasteiger partial charge in [0.15, 0.2) is 0 Å². The van der Waals surface area contributed by atoms with Crippen molar-refractivity contribution in [3.8, 4) is 0 Å². The van der Waals surface area contributed by atoms with Crippen LogP contribution in [-0.4, -0.2) is 25.4 Å². The number of Topliss-reactive ketones (excluding diaryl/α,β-unsaturated/α-hetero) is 1. The van der Waals surface area contributed by atoms with Gasteiger partial charge in [-0.15, -0.1) is 0 Å². The van der Waals surface area contributed by atoms with Crippen molar-refractivity contribution in [2.45, 2.75) is 110 Å². The summed E-state index contributed by atoms with van der Waals surface area (Å²) in [7, 11) is -4.55. The van der Waals surface area contributed by atoms with Gasteiger partial charge >= 0.3 is 29.6 Å². The summed E-state index contributed by atoms with van der Waals surface area (Å²) in [6, 6.07) is 0. The van der Waals surface area contributed by atoms with Gasteiger partial charge in [0, 0.05) is 12.8 Å². The molecule has 0 aliphatic carbocycles. The molecule has 26 heavy (non-hydrogen) atoms. The molecule has 150 valence electrons. The van der Waals surface area contributed by atoms with E-state index in [2.05, 4.69) is 11.1 Å². The van der Waals surface area contributed by atoms with Crippen LogP contribution in [0, 0.1) is 0 Å². The zero-order valence-corrected chi connectivity index (χ0v) is 19.8. The topological polar surface area (TPSA) is 83.5 Å². The summed E-state index contributed by atoms with van der Waals surface area (Å²) in [4.78, 5) is 11.8. The molecule has 0 amide bonds. The van der Waals surface area contributed by atoms with Crippen LogP contribution in [0.1, 0.15) is 110 Å². The van der Waals surface area contributed by atoms with Crippen molar-refractivity contribution in [1.29, 1.82) is 0 Å². The van der Waals surface area contributed by atoms with Gasteiger partial charge in [-0.25, -0.2) is 8.42 Å². The van der Waals surface area contributed by atoms with Crippen LogP contribution in [0.25, 0.3) is 0 Å². The summed E-state index contributed by atoms with van der Waals surface area (Å²) in [5.74, 6) is 0.365. The first-order chi connectivity index (χ1) is 12.0. The van der Waals surface area contributed by atoms with Crippen molar-refractivity contribution < 1.29 is 51.5 Å². The third kappa shape index (κ3) is 24.5. The van der Waals surface area contributed by atoms with Crippen molar-refractivity contribution >= 4 is 16.2 Å². The van der Waals surface area contributed by atoms with Crippen molar-refractivity contribution in [3.05, 3.63) is 0 Å². The summed E-state index contributed by atoms with van der Waals surface area (Å²) in [5, 5.41) is 0. The van der Waals surface area contributed by atoms with E-state index >= 15 is 0 Å². The van der Waals surface area contributed by atoms with Crippen LogP contribution < -0.4 is 29.6 Å². The molecule has 0 radical (unpaired) electrons. The maximum atomic E-state index is 11.8. The average Bonchev–Trinajstić information content (AvgIpc) is 2.54. The van der Waals surface area contributed by atoms with Gasteiger partial charge in [0.2, 0.25) is 10.4 Å². The first-order valence-corrected chi connectivity index (χ1v) is 11.4. The number of carbonyl (C=O) groups is 1. The molecular weight excluding hydrogens is 363 g/mol. The fraction of sp³-hybridized carbons (Fsp3) is 0.947. The van der Waals surface area contributed by atoms with E-state index < -0.39 is 10.4 Å². The Bertz CT molecular complexity index is 412. The summed E-state index contributed by atoms with van der Waals surface area (Å²) >= 11 is 0. The largest absolute Gasteiger partial charge is 1.00 e. The Morgan fingerprint density at radius 3 is 1.54 bits per heavy atom. The van der Waals surface area contributed by atoms with Gasteiger partial charge in [-0.1, -0.05) is 77.6 Å². The van der Waals surface area contributed by atoms with Crippen LogP contribution in [0.4, 0.5) is 0 Å². The minimum absolute atomic E-state index is 0. The molecule has 0 bridgehead atoms. The normalized spacial score (nSPS) is 11.3. The summed E-state index contributed by atoms with van der Waals surface area (Å²) < 4.78 is 34.8. The SMILES string of the molecule is CCCCCCCCCCCC(=O)CCCCCCCOS(=O)(=O)[O-].[Na+]. The molecule has 0 aromatic heterocycles. The van der Waals surface area contributed by atoms with Gasteiger partial charge < -0.3 is 4.55 Å². The van der Waals surface area contributed by atoms with Crippen molar-refractivity contribution in [3.63, 3.8) is 0 Å². The minimum Gasteiger partial charge on any atom is -0.726 e. The zero-order chi connectivity index (χ0) is 18.8. The van der Waals surface area contributed by atoms with E-state index in [-0.39, 0.29) is 36.2 Å². The van der Waals surface area contributed by atoms with E-state index in [9.17, 15) is 17.8 Å². The monoisotopic (exact) mass is 400 g/mol. The Balaban J connectivity index is 0. The number of carbonyl (C=O) groups excluding carboxylic acids is 1. The molecular formula is C19H37NaO5S. The maximum absolute atomic E-state index is 11.8. The Morgan fingerprint density at radius 2 is 1.12 bits per heavy atom. The Labute approximate surface area is 183 Å². The molecule has 0 saturated carbocycles. The first-order valence-electron chi connectivity index (χ1n) is 10.1. The molecule has 0 aliphatic rings. The number of unbranched alkanes of at least 4 members (excludes halogenated alkanes) is 12. The molecule has 0 aliphatic heterocycles. The van der Waals surface area contributed by atoms with Gasteiger partial charge in [0.1, 0.15) is 5.78 Å². The van der Waals surface area contributed by atoms with Gasteiger partial charge in [0.25, 0.3) is 0 Å². The van der Waals surface area contributed by atoms with Gasteiger partial charge in [-0.3, -0.25) is 8.98 Å². The summed E-state index contributed by atoms with van der Waals surface area (Å²) in [5.41, 5.74) is 0. The predicted octanol–water partition coefficient (Wildman–Crippen LogP) is 2.30. The summed E-state index contributed by atoms with van der Waals surface area (Å²) in [6.45, 7) is 2.20. The quantitative estimate of drug-likeness (QED) is 0.144. The third-order valence-corrected chi connectivity index (χ3v) is 4.84. The number of ketones is 1. The minimum atomic E-state index is -4.55. The van der Waals surface area contributed by atoms with E-state index in [1.165, 1.54) is 51.4 Å². The molecule has 0 saturated heterocycles. The second-order valence-corrected chi connectivity index (χ2v) is 7.92. The maximum Gasteiger partial charge on any atom is 1.00 e. The molecule has 0 aromatic carbocycles. The number of hydrogen-bond donors (Lipinski definition) is 0. The molecule has 0 fully saturated rings. The third-order valence-electron chi connectivity index (χ3n) is 4.39. The first kappa shape index (κ1) is 28.7. The van der Waals surface area contributed by atoms with E-state index in [0.29, 0.717) is 25.0 Å². The van der Waals surface area contributed by atoms with Gasteiger partial charge in [-0.2, -0.15) is 0 Å². The molecule has 0 rings (SSSR count). The molecule has 0 aromatic rings. The van der Waals surface area contributed by atoms with E-state index in [0.717, 1.165) is 32.1 Å². The van der Waals surface area contributed by atoms with Crippen molar-refractivity contribution in [2.75, 3.05) is 6.61 Å². The number of hydrogen-bond acceptors (Lipinski definition) is 5. The molecule has 5 nitrogen and oxygen atoms in total. The summed E-state index contributed by atoms with van der Waals surface area (Å²) in [6.07, 6.45) is 17.0. The Morgan fingerprint density at radius 1 is 0.731 bits per heavy atom. The van der Waals surface area contributed by atoms with Crippen LogP contribution in [0.2, 0.25) is 0 Å². The second kappa shape index (κ2) is 20.3. The predicted molar refractivity (Wildman–Crippen MR) is 100 cm³/mol. The van der Waals surface area contributed by atoms with Crippen LogP contribution >= 0.6 is 0 Å². The zero-order valence-electron chi connectivity index (χ0n) is 17.0. The fourth-order valence-corrected chi connectivity index (χ4v) is 3.20. The van der Waals surface area contributed by atoms with Crippen molar-refractivity contribution in [1.82, 2.24) is 0 Å². The average molecular weight is 401 g/mol. The van der Waals surface area contributed by atoms with Crippen molar-refractivity contribution in [2.24, 2.45) is 0 Å². The van der Waals surface area contributed by atoms with E-state index in [1.807, 2.05) is 0 Å². The molecule has 0 N–H and O–H groups in total. The fourth-order valence-electron chi connectivity index (χ4n) is 2.87. The van der Waals surface area contributed by atoms with Crippen LogP contribution in [0.3, 0.4) is 0 Å². The molecule has 7 heteroatoms. The van der Waals surface area contributed by atoms with Crippen LogP contribution in [0.15, 0.2) is 0 Å².